The van der Waals surface area contributed by atoms with Crippen LogP contribution >= 0.6 is 21.6 Å². The van der Waals surface area contributed by atoms with E-state index < -0.39 is 34.6 Å². The summed E-state index contributed by atoms with van der Waals surface area (Å²) in [5, 5.41) is 0. The van der Waals surface area contributed by atoms with Gasteiger partial charge < -0.3 is 20.9 Å². The lowest BCUT2D eigenvalue weighted by Crippen LogP contribution is -2.57. The van der Waals surface area contributed by atoms with Gasteiger partial charge in [0.25, 0.3) is 0 Å². The number of ether oxygens (including phenoxy) is 2. The maximum absolute atomic E-state index is 12.2. The highest BCUT2D eigenvalue weighted by Crippen LogP contribution is 2.29. The summed E-state index contributed by atoms with van der Waals surface area (Å²) in [6, 6.07) is 0. The summed E-state index contributed by atoms with van der Waals surface area (Å²) in [4.78, 5) is 48.2. The summed E-state index contributed by atoms with van der Waals surface area (Å²) in [6.07, 6.45) is 3.03. The zero-order chi connectivity index (χ0) is 21.8. The quantitative estimate of drug-likeness (QED) is 0.168. The van der Waals surface area contributed by atoms with Gasteiger partial charge in [-0.25, -0.2) is 9.59 Å². The molecule has 0 aliphatic heterocycles. The van der Waals surface area contributed by atoms with Gasteiger partial charge in [0.05, 0.1) is 13.2 Å². The molecule has 2 unspecified atom stereocenters. The Morgan fingerprint density at radius 2 is 1.07 bits per heavy atom. The summed E-state index contributed by atoms with van der Waals surface area (Å²) < 4.78 is 10.2. The number of unbranched alkanes of at least 4 members (excludes halogenated alkanes) is 2. The van der Waals surface area contributed by atoms with E-state index in [0.29, 0.717) is 12.8 Å². The van der Waals surface area contributed by atoms with E-state index in [1.165, 1.54) is 13.8 Å². The predicted molar refractivity (Wildman–Crippen MR) is 112 cm³/mol. The minimum atomic E-state index is -1.79. The van der Waals surface area contributed by atoms with Crippen molar-refractivity contribution in [2.24, 2.45) is 11.5 Å². The first-order chi connectivity index (χ1) is 13.1. The number of ketones is 2. The number of hydrogen-bond acceptors (Lipinski definition) is 10. The van der Waals surface area contributed by atoms with E-state index in [9.17, 15) is 19.2 Å². The molecule has 0 heterocycles. The highest BCUT2D eigenvalue weighted by Gasteiger charge is 2.43. The van der Waals surface area contributed by atoms with Crippen molar-refractivity contribution >= 4 is 45.1 Å². The maximum atomic E-state index is 12.2. The number of carbonyl (C=O) groups is 4. The normalized spacial score (nSPS) is 15.2. The number of carbonyl (C=O) groups excluding carboxylic acids is 4. The van der Waals surface area contributed by atoms with Crippen LogP contribution in [-0.2, 0) is 28.7 Å². The van der Waals surface area contributed by atoms with Crippen molar-refractivity contribution in [3.05, 3.63) is 0 Å². The molecule has 10 heteroatoms. The van der Waals surface area contributed by atoms with Crippen molar-refractivity contribution in [3.8, 4) is 0 Å². The minimum absolute atomic E-state index is 0.0726. The molecule has 0 saturated carbocycles. The topological polar surface area (TPSA) is 139 Å². The lowest BCUT2D eigenvalue weighted by atomic mass is 9.99. The molecule has 0 radical (unpaired) electrons. The van der Waals surface area contributed by atoms with Gasteiger partial charge in [-0.05, 0) is 26.7 Å². The molecule has 0 fully saturated rings. The lowest BCUT2D eigenvalue weighted by Gasteiger charge is -2.26. The Morgan fingerprint density at radius 3 is 1.32 bits per heavy atom. The largest absolute Gasteiger partial charge is 0.464 e. The van der Waals surface area contributed by atoms with Gasteiger partial charge in [-0.2, -0.15) is 0 Å². The fraction of sp³-hybridized carbons (Fsp3) is 0.778. The number of hydrogen-bond donors (Lipinski definition) is 2. The minimum Gasteiger partial charge on any atom is -0.464 e. The monoisotopic (exact) mass is 436 g/mol. The molecule has 0 aromatic rings. The van der Waals surface area contributed by atoms with Crippen LogP contribution in [0.25, 0.3) is 0 Å². The second kappa shape index (κ2) is 13.2. The second-order valence-electron chi connectivity index (χ2n) is 6.56. The zero-order valence-electron chi connectivity index (χ0n) is 17.1. The molecule has 0 saturated heterocycles. The molecule has 2 atom stereocenters. The van der Waals surface area contributed by atoms with E-state index in [4.69, 9.17) is 20.9 Å². The molecule has 0 rings (SSSR count). The van der Waals surface area contributed by atoms with E-state index in [1.807, 2.05) is 13.8 Å². The maximum Gasteiger partial charge on any atom is 0.334 e. The van der Waals surface area contributed by atoms with Crippen molar-refractivity contribution in [2.75, 3.05) is 24.7 Å². The van der Waals surface area contributed by atoms with E-state index in [2.05, 4.69) is 0 Å². The van der Waals surface area contributed by atoms with Gasteiger partial charge in [0.1, 0.15) is 0 Å². The van der Waals surface area contributed by atoms with Crippen LogP contribution in [-0.4, -0.2) is 59.3 Å². The average molecular weight is 437 g/mol. The first kappa shape index (κ1) is 26.9. The zero-order valence-corrected chi connectivity index (χ0v) is 18.7. The molecule has 28 heavy (non-hydrogen) atoms. The molecule has 0 spiro atoms. The fourth-order valence-electron chi connectivity index (χ4n) is 1.75. The Labute approximate surface area is 174 Å². The van der Waals surface area contributed by atoms with E-state index in [1.54, 1.807) is 0 Å². The van der Waals surface area contributed by atoms with Crippen LogP contribution < -0.4 is 11.5 Å². The van der Waals surface area contributed by atoms with Crippen molar-refractivity contribution in [1.29, 1.82) is 0 Å². The van der Waals surface area contributed by atoms with Crippen molar-refractivity contribution < 1.29 is 28.7 Å². The smallest absolute Gasteiger partial charge is 0.334 e. The second-order valence-corrected chi connectivity index (χ2v) is 9.02. The average Bonchev–Trinajstić information content (AvgIpc) is 2.64. The Morgan fingerprint density at radius 1 is 0.750 bits per heavy atom. The Bertz CT molecular complexity index is 512. The van der Waals surface area contributed by atoms with Crippen LogP contribution in [0.5, 0.6) is 0 Å². The first-order valence-electron chi connectivity index (χ1n) is 9.24. The highest BCUT2D eigenvalue weighted by molar-refractivity contribution is 8.76. The molecule has 162 valence electrons. The van der Waals surface area contributed by atoms with Crippen LogP contribution in [0.4, 0.5) is 0 Å². The van der Waals surface area contributed by atoms with Gasteiger partial charge >= 0.3 is 11.9 Å². The van der Waals surface area contributed by atoms with E-state index >= 15 is 0 Å². The molecule has 8 nitrogen and oxygen atoms in total. The summed E-state index contributed by atoms with van der Waals surface area (Å²) in [5.41, 5.74) is 8.36. The number of rotatable bonds is 15. The molecule has 0 aromatic heterocycles. The number of nitrogens with two attached hydrogens (primary N) is 2. The van der Waals surface area contributed by atoms with Crippen LogP contribution in [0.2, 0.25) is 0 Å². The fourth-order valence-corrected chi connectivity index (χ4v) is 4.55. The van der Waals surface area contributed by atoms with Crippen molar-refractivity contribution in [1.82, 2.24) is 0 Å². The standard InChI is InChI=1S/C18H32N2O6S2/c1-5-7-9-25-15(23)17(19,13(3)21)11-27-28-12-18(20,14(4)22)16(24)26-10-8-6-2/h5-12,19-20H2,1-4H3. The van der Waals surface area contributed by atoms with Gasteiger partial charge in [-0.1, -0.05) is 48.3 Å². The van der Waals surface area contributed by atoms with Gasteiger partial charge in [0.15, 0.2) is 22.6 Å². The third-order valence-corrected chi connectivity index (χ3v) is 6.62. The lowest BCUT2D eigenvalue weighted by molar-refractivity contribution is -0.153. The van der Waals surface area contributed by atoms with Crippen LogP contribution in [0, 0.1) is 0 Å². The van der Waals surface area contributed by atoms with Crippen LogP contribution in [0.3, 0.4) is 0 Å². The number of esters is 2. The third-order valence-electron chi connectivity index (χ3n) is 4.10. The first-order valence-corrected chi connectivity index (χ1v) is 11.7. The van der Waals surface area contributed by atoms with Crippen molar-refractivity contribution in [2.45, 2.75) is 64.5 Å². The molecule has 0 aromatic carbocycles. The summed E-state index contributed by atoms with van der Waals surface area (Å²) in [7, 11) is 2.15. The van der Waals surface area contributed by atoms with Crippen molar-refractivity contribution in [3.63, 3.8) is 0 Å². The van der Waals surface area contributed by atoms with Gasteiger partial charge in [-0.15, -0.1) is 0 Å². The van der Waals surface area contributed by atoms with Crippen LogP contribution in [0.15, 0.2) is 0 Å². The molecule has 0 aliphatic rings. The molecule has 0 aliphatic carbocycles. The summed E-state index contributed by atoms with van der Waals surface area (Å²) >= 11 is 0. The molecule has 0 amide bonds. The van der Waals surface area contributed by atoms with Crippen LogP contribution in [0.1, 0.15) is 53.4 Å². The van der Waals surface area contributed by atoms with Gasteiger partial charge in [0.2, 0.25) is 0 Å². The summed E-state index contributed by atoms with van der Waals surface area (Å²) in [6.45, 7) is 6.73. The number of Topliss-reactive ketones (excluding diaryl/α,β-unsaturated/α-hetero) is 2. The molecule has 0 bridgehead atoms. The third kappa shape index (κ3) is 8.10. The molecular formula is C18H32N2O6S2. The molecular weight excluding hydrogens is 404 g/mol. The highest BCUT2D eigenvalue weighted by atomic mass is 33.1. The Hall–Kier alpha value is -1.10. The van der Waals surface area contributed by atoms with Gasteiger partial charge in [0, 0.05) is 11.5 Å². The predicted octanol–water partition coefficient (Wildman–Crippen LogP) is 1.63. The van der Waals surface area contributed by atoms with E-state index in [-0.39, 0.29) is 24.7 Å². The SMILES string of the molecule is CCCCOC(=O)C(N)(CSSCC(N)(C(C)=O)C(=O)OCCCC)C(C)=O. The Kier molecular flexibility index (Phi) is 12.7. The van der Waals surface area contributed by atoms with E-state index in [0.717, 1.165) is 34.4 Å². The Balaban J connectivity index is 4.81. The van der Waals surface area contributed by atoms with Gasteiger partial charge in [-0.3, -0.25) is 9.59 Å². The molecule has 4 N–H and O–H groups in total. The summed E-state index contributed by atoms with van der Waals surface area (Å²) in [5.74, 6) is -2.76.